The first-order valence-electron chi connectivity index (χ1n) is 6.67. The maximum absolute atomic E-state index is 11.7. The zero-order chi connectivity index (χ0) is 13.6. The van der Waals surface area contributed by atoms with E-state index in [1.54, 1.807) is 4.90 Å². The van der Waals surface area contributed by atoms with E-state index < -0.39 is 12.0 Å². The van der Waals surface area contributed by atoms with E-state index in [0.29, 0.717) is 24.1 Å². The number of H-pyrrole nitrogens is 1. The highest BCUT2D eigenvalue weighted by Gasteiger charge is 2.38. The average molecular weight is 263 g/mol. The van der Waals surface area contributed by atoms with Crippen LogP contribution in [0, 0.1) is 5.92 Å². The molecule has 2 N–H and O–H groups in total. The molecule has 6 heteroatoms. The lowest BCUT2D eigenvalue weighted by atomic mass is 10.0. The molecule has 102 valence electrons. The molecule has 0 bridgehead atoms. The molecular weight excluding hydrogens is 246 g/mol. The first kappa shape index (κ1) is 12.2. The van der Waals surface area contributed by atoms with Crippen LogP contribution < -0.4 is 10.5 Å². The molecule has 1 saturated carbocycles. The Balaban J connectivity index is 1.97. The van der Waals surface area contributed by atoms with Crippen molar-refractivity contribution in [3.05, 3.63) is 22.2 Å². The fourth-order valence-electron chi connectivity index (χ4n) is 2.74. The van der Waals surface area contributed by atoms with E-state index in [9.17, 15) is 14.7 Å². The minimum atomic E-state index is -0.847. The van der Waals surface area contributed by atoms with E-state index in [1.807, 2.05) is 6.92 Å². The van der Waals surface area contributed by atoms with Gasteiger partial charge >= 0.3 is 5.97 Å². The molecule has 2 aliphatic rings. The molecule has 1 saturated heterocycles. The molecule has 1 aromatic rings. The first-order valence-corrected chi connectivity index (χ1v) is 6.67. The SMILES string of the molecule is CC1CCN(c2cc(=O)[nH]c(C3CC3)n2)C1C(=O)O. The standard InChI is InChI=1S/C13H17N3O3/c1-7-4-5-16(11(7)13(18)19)9-6-10(17)15-12(14-9)8-2-3-8/h6-8,11H,2-5H2,1H3,(H,18,19)(H,14,15,17). The lowest BCUT2D eigenvalue weighted by Gasteiger charge is -2.24. The summed E-state index contributed by atoms with van der Waals surface area (Å²) in [6.45, 7) is 2.56. The minimum absolute atomic E-state index is 0.0722. The Kier molecular flexibility index (Phi) is 2.80. The predicted molar refractivity (Wildman–Crippen MR) is 69.4 cm³/mol. The normalized spacial score (nSPS) is 26.7. The Morgan fingerprint density at radius 3 is 2.84 bits per heavy atom. The summed E-state index contributed by atoms with van der Waals surface area (Å²) >= 11 is 0. The fraction of sp³-hybridized carbons (Fsp3) is 0.615. The van der Waals surface area contributed by atoms with Gasteiger partial charge in [-0.15, -0.1) is 0 Å². The molecule has 0 spiro atoms. The Labute approximate surface area is 110 Å². The topological polar surface area (TPSA) is 86.3 Å². The van der Waals surface area contributed by atoms with Crippen molar-refractivity contribution >= 4 is 11.8 Å². The van der Waals surface area contributed by atoms with E-state index in [4.69, 9.17) is 0 Å². The monoisotopic (exact) mass is 263 g/mol. The second-order valence-electron chi connectivity index (χ2n) is 5.51. The maximum atomic E-state index is 11.7. The van der Waals surface area contributed by atoms with Gasteiger partial charge in [0, 0.05) is 18.5 Å². The van der Waals surface area contributed by atoms with Crippen LogP contribution in [0.25, 0.3) is 0 Å². The Hall–Kier alpha value is -1.85. The molecule has 1 aliphatic carbocycles. The predicted octanol–water partition coefficient (Wildman–Crippen LogP) is 0.947. The number of nitrogens with one attached hydrogen (secondary N) is 1. The van der Waals surface area contributed by atoms with E-state index >= 15 is 0 Å². The van der Waals surface area contributed by atoms with Gasteiger partial charge in [-0.25, -0.2) is 9.78 Å². The number of rotatable bonds is 3. The van der Waals surface area contributed by atoms with Crippen molar-refractivity contribution < 1.29 is 9.90 Å². The van der Waals surface area contributed by atoms with Gasteiger partial charge in [-0.05, 0) is 25.2 Å². The van der Waals surface area contributed by atoms with Crippen LogP contribution in [0.5, 0.6) is 0 Å². The molecular formula is C13H17N3O3. The summed E-state index contributed by atoms with van der Waals surface area (Å²) < 4.78 is 0. The zero-order valence-corrected chi connectivity index (χ0v) is 10.8. The second kappa shape index (κ2) is 4.36. The van der Waals surface area contributed by atoms with Crippen LogP contribution in [0.2, 0.25) is 0 Å². The average Bonchev–Trinajstić information content (AvgIpc) is 3.11. The van der Waals surface area contributed by atoms with Crippen LogP contribution in [0.1, 0.15) is 37.9 Å². The summed E-state index contributed by atoms with van der Waals surface area (Å²) in [7, 11) is 0. The van der Waals surface area contributed by atoms with Crippen molar-refractivity contribution in [1.29, 1.82) is 0 Å². The molecule has 2 atom stereocenters. The molecule has 19 heavy (non-hydrogen) atoms. The molecule has 2 heterocycles. The third-order valence-electron chi connectivity index (χ3n) is 3.96. The molecule has 1 aromatic heterocycles. The van der Waals surface area contributed by atoms with Gasteiger partial charge in [-0.2, -0.15) is 0 Å². The highest BCUT2D eigenvalue weighted by Crippen LogP contribution is 2.38. The Bertz CT molecular complexity index is 564. The Morgan fingerprint density at radius 2 is 2.21 bits per heavy atom. The summed E-state index contributed by atoms with van der Waals surface area (Å²) in [5.74, 6) is 0.771. The summed E-state index contributed by atoms with van der Waals surface area (Å²) in [6, 6.07) is 0.821. The smallest absolute Gasteiger partial charge is 0.326 e. The van der Waals surface area contributed by atoms with Gasteiger partial charge < -0.3 is 15.0 Å². The quantitative estimate of drug-likeness (QED) is 0.847. The summed E-state index contributed by atoms with van der Waals surface area (Å²) in [5, 5.41) is 9.32. The highest BCUT2D eigenvalue weighted by molar-refractivity contribution is 5.78. The molecule has 0 radical (unpaired) electrons. The van der Waals surface area contributed by atoms with E-state index in [-0.39, 0.29) is 11.5 Å². The van der Waals surface area contributed by atoms with Crippen LogP contribution in [0.15, 0.2) is 10.9 Å². The summed E-state index contributed by atoms with van der Waals surface area (Å²) in [5.41, 5.74) is -0.199. The lowest BCUT2D eigenvalue weighted by molar-refractivity contribution is -0.139. The number of carboxylic acids is 1. The van der Waals surface area contributed by atoms with Crippen molar-refractivity contribution in [1.82, 2.24) is 9.97 Å². The third-order valence-corrected chi connectivity index (χ3v) is 3.96. The van der Waals surface area contributed by atoms with E-state index in [1.165, 1.54) is 6.07 Å². The molecule has 3 rings (SSSR count). The number of carboxylic acid groups (broad SMARTS) is 1. The molecule has 2 fully saturated rings. The van der Waals surface area contributed by atoms with Gasteiger partial charge in [0.1, 0.15) is 17.7 Å². The number of nitrogens with zero attached hydrogens (tertiary/aromatic N) is 2. The van der Waals surface area contributed by atoms with Gasteiger partial charge in [0.05, 0.1) is 0 Å². The van der Waals surface area contributed by atoms with E-state index in [0.717, 1.165) is 19.3 Å². The van der Waals surface area contributed by atoms with Crippen LogP contribution in [0.3, 0.4) is 0 Å². The third kappa shape index (κ3) is 2.22. The number of hydrogen-bond donors (Lipinski definition) is 2. The van der Waals surface area contributed by atoms with Crippen molar-refractivity contribution in [2.75, 3.05) is 11.4 Å². The van der Waals surface area contributed by atoms with Crippen LogP contribution in [-0.4, -0.2) is 33.6 Å². The van der Waals surface area contributed by atoms with Gasteiger partial charge in [0.25, 0.3) is 5.56 Å². The molecule has 0 amide bonds. The molecule has 2 unspecified atom stereocenters. The zero-order valence-electron chi connectivity index (χ0n) is 10.8. The number of hydrogen-bond acceptors (Lipinski definition) is 4. The number of aromatic amines is 1. The van der Waals surface area contributed by atoms with E-state index in [2.05, 4.69) is 9.97 Å². The number of aliphatic carboxylic acids is 1. The fourth-order valence-corrected chi connectivity index (χ4v) is 2.74. The first-order chi connectivity index (χ1) is 9.06. The number of anilines is 1. The largest absolute Gasteiger partial charge is 0.480 e. The van der Waals surface area contributed by atoms with Gasteiger partial charge in [0.2, 0.25) is 0 Å². The summed E-state index contributed by atoms with van der Waals surface area (Å²) in [6.07, 6.45) is 2.90. The molecule has 0 aromatic carbocycles. The molecule has 1 aliphatic heterocycles. The van der Waals surface area contributed by atoms with Crippen LogP contribution >= 0.6 is 0 Å². The number of aromatic nitrogens is 2. The van der Waals surface area contributed by atoms with Gasteiger partial charge in [0.15, 0.2) is 0 Å². The molecule has 6 nitrogen and oxygen atoms in total. The van der Waals surface area contributed by atoms with Gasteiger partial charge in [-0.3, -0.25) is 4.79 Å². The van der Waals surface area contributed by atoms with Crippen molar-refractivity contribution in [3.63, 3.8) is 0 Å². The van der Waals surface area contributed by atoms with Crippen molar-refractivity contribution in [2.24, 2.45) is 5.92 Å². The summed E-state index contributed by atoms with van der Waals surface area (Å²) in [4.78, 5) is 32.0. The van der Waals surface area contributed by atoms with Crippen LogP contribution in [0.4, 0.5) is 5.82 Å². The second-order valence-corrected chi connectivity index (χ2v) is 5.51. The Morgan fingerprint density at radius 1 is 1.47 bits per heavy atom. The van der Waals surface area contributed by atoms with Crippen molar-refractivity contribution in [3.8, 4) is 0 Å². The van der Waals surface area contributed by atoms with Crippen LogP contribution in [-0.2, 0) is 4.79 Å². The van der Waals surface area contributed by atoms with Gasteiger partial charge in [-0.1, -0.05) is 6.92 Å². The lowest BCUT2D eigenvalue weighted by Crippen LogP contribution is -2.40. The minimum Gasteiger partial charge on any atom is -0.480 e. The number of carbonyl (C=O) groups is 1. The maximum Gasteiger partial charge on any atom is 0.326 e. The van der Waals surface area contributed by atoms with Crippen molar-refractivity contribution in [2.45, 2.75) is 38.1 Å². The highest BCUT2D eigenvalue weighted by atomic mass is 16.4.